The summed E-state index contributed by atoms with van der Waals surface area (Å²) in [5.74, 6) is -0.0226. The number of benzene rings is 1. The zero-order chi connectivity index (χ0) is 14.8. The minimum Gasteiger partial charge on any atom is -0.481 e. The summed E-state index contributed by atoms with van der Waals surface area (Å²) >= 11 is 0. The van der Waals surface area contributed by atoms with E-state index in [1.54, 1.807) is 6.26 Å². The van der Waals surface area contributed by atoms with E-state index >= 15 is 0 Å². The molecule has 2 aromatic rings. The summed E-state index contributed by atoms with van der Waals surface area (Å²) < 4.78 is 5.60. The van der Waals surface area contributed by atoms with Gasteiger partial charge in [-0.25, -0.2) is 0 Å². The number of carboxylic acids is 1. The summed E-state index contributed by atoms with van der Waals surface area (Å²) in [4.78, 5) is 13.6. The Bertz CT molecular complexity index is 594. The van der Waals surface area contributed by atoms with Crippen LogP contribution in [0, 0.1) is 11.8 Å². The van der Waals surface area contributed by atoms with Crippen LogP contribution in [0.5, 0.6) is 0 Å². The average molecular weight is 285 g/mol. The van der Waals surface area contributed by atoms with E-state index in [0.29, 0.717) is 6.54 Å². The number of carboxylic acid groups (broad SMARTS) is 1. The number of aliphatic carboxylic acids is 1. The van der Waals surface area contributed by atoms with Gasteiger partial charge in [-0.15, -0.1) is 0 Å². The maximum Gasteiger partial charge on any atom is 0.308 e. The molecule has 1 aromatic heterocycles. The molecule has 1 saturated heterocycles. The Morgan fingerprint density at radius 2 is 2.00 bits per heavy atom. The summed E-state index contributed by atoms with van der Waals surface area (Å²) in [6, 6.07) is 13.9. The Morgan fingerprint density at radius 1 is 1.24 bits per heavy atom. The van der Waals surface area contributed by atoms with E-state index in [-0.39, 0.29) is 17.9 Å². The number of rotatable bonds is 4. The number of hydrogen-bond acceptors (Lipinski definition) is 3. The van der Waals surface area contributed by atoms with Crippen molar-refractivity contribution < 1.29 is 14.3 Å². The summed E-state index contributed by atoms with van der Waals surface area (Å²) in [5, 5.41) is 9.33. The molecule has 0 bridgehead atoms. The van der Waals surface area contributed by atoms with Gasteiger partial charge in [0.05, 0.1) is 18.2 Å². The quantitative estimate of drug-likeness (QED) is 0.938. The van der Waals surface area contributed by atoms with E-state index in [2.05, 4.69) is 17.0 Å². The van der Waals surface area contributed by atoms with Gasteiger partial charge >= 0.3 is 5.97 Å². The van der Waals surface area contributed by atoms with Crippen molar-refractivity contribution in [1.29, 1.82) is 0 Å². The molecule has 3 rings (SSSR count). The molecule has 0 spiro atoms. The van der Waals surface area contributed by atoms with Crippen LogP contribution in [-0.4, -0.2) is 29.1 Å². The fraction of sp³-hybridized carbons (Fsp3) is 0.353. The predicted molar refractivity (Wildman–Crippen MR) is 78.9 cm³/mol. The van der Waals surface area contributed by atoms with Crippen molar-refractivity contribution in [3.8, 4) is 0 Å². The molecule has 4 heteroatoms. The fourth-order valence-corrected chi connectivity index (χ4v) is 3.17. The van der Waals surface area contributed by atoms with Crippen LogP contribution in [0.3, 0.4) is 0 Å². The van der Waals surface area contributed by atoms with E-state index < -0.39 is 5.97 Å². The lowest BCUT2D eigenvalue weighted by Crippen LogP contribution is -2.28. The average Bonchev–Trinajstić information content (AvgIpc) is 3.11. The van der Waals surface area contributed by atoms with E-state index in [1.165, 1.54) is 0 Å². The first-order chi connectivity index (χ1) is 10.2. The molecule has 1 aliphatic rings. The molecule has 3 atom stereocenters. The van der Waals surface area contributed by atoms with Gasteiger partial charge in [-0.2, -0.15) is 0 Å². The molecule has 0 aliphatic carbocycles. The Balaban J connectivity index is 1.93. The van der Waals surface area contributed by atoms with Crippen molar-refractivity contribution in [2.45, 2.75) is 13.0 Å². The van der Waals surface area contributed by atoms with Crippen LogP contribution >= 0.6 is 0 Å². The molecule has 110 valence electrons. The van der Waals surface area contributed by atoms with E-state index in [0.717, 1.165) is 17.9 Å². The minimum atomic E-state index is -0.712. The molecule has 1 aliphatic heterocycles. The van der Waals surface area contributed by atoms with Gasteiger partial charge in [0.15, 0.2) is 0 Å². The first-order valence-electron chi connectivity index (χ1n) is 7.22. The molecular formula is C17H19NO3. The van der Waals surface area contributed by atoms with Crippen molar-refractivity contribution in [2.24, 2.45) is 11.8 Å². The number of hydrogen-bond donors (Lipinski definition) is 1. The van der Waals surface area contributed by atoms with Crippen LogP contribution in [0.4, 0.5) is 0 Å². The minimum absolute atomic E-state index is 0.0204. The topological polar surface area (TPSA) is 53.7 Å². The van der Waals surface area contributed by atoms with Crippen molar-refractivity contribution in [2.75, 3.05) is 13.1 Å². The SMILES string of the molecule is C[C@@H]1CN(C(c2ccccc2)c2ccco2)C[C@H]1C(=O)O. The van der Waals surface area contributed by atoms with Gasteiger partial charge in [0.2, 0.25) is 0 Å². The van der Waals surface area contributed by atoms with E-state index in [4.69, 9.17) is 4.42 Å². The highest BCUT2D eigenvalue weighted by atomic mass is 16.4. The molecule has 1 fully saturated rings. The van der Waals surface area contributed by atoms with Crippen molar-refractivity contribution in [1.82, 2.24) is 4.90 Å². The lowest BCUT2D eigenvalue weighted by Gasteiger charge is -2.26. The fourth-order valence-electron chi connectivity index (χ4n) is 3.17. The van der Waals surface area contributed by atoms with Gasteiger partial charge in [-0.05, 0) is 23.6 Å². The maximum atomic E-state index is 11.4. The summed E-state index contributed by atoms with van der Waals surface area (Å²) in [6.07, 6.45) is 1.67. The predicted octanol–water partition coefficient (Wildman–Crippen LogP) is 3.02. The number of likely N-dealkylation sites (tertiary alicyclic amines) is 1. The normalized spacial score (nSPS) is 24.0. The Kier molecular flexibility index (Phi) is 3.80. The largest absolute Gasteiger partial charge is 0.481 e. The Labute approximate surface area is 124 Å². The zero-order valence-corrected chi connectivity index (χ0v) is 12.0. The number of furan rings is 1. The highest BCUT2D eigenvalue weighted by Gasteiger charge is 2.39. The third kappa shape index (κ3) is 2.72. The zero-order valence-electron chi connectivity index (χ0n) is 12.0. The van der Waals surface area contributed by atoms with Crippen LogP contribution in [0.25, 0.3) is 0 Å². The van der Waals surface area contributed by atoms with Gasteiger partial charge in [-0.1, -0.05) is 37.3 Å². The lowest BCUT2D eigenvalue weighted by atomic mass is 9.99. The molecule has 1 N–H and O–H groups in total. The van der Waals surface area contributed by atoms with Crippen LogP contribution in [0.2, 0.25) is 0 Å². The molecule has 1 unspecified atom stereocenters. The second kappa shape index (κ2) is 5.74. The van der Waals surface area contributed by atoms with Gasteiger partial charge in [-0.3, -0.25) is 9.69 Å². The molecule has 0 radical (unpaired) electrons. The molecular weight excluding hydrogens is 266 g/mol. The molecule has 4 nitrogen and oxygen atoms in total. The highest BCUT2D eigenvalue weighted by Crippen LogP contribution is 2.35. The molecule has 2 heterocycles. The first kappa shape index (κ1) is 13.9. The van der Waals surface area contributed by atoms with Gasteiger partial charge < -0.3 is 9.52 Å². The Morgan fingerprint density at radius 3 is 2.57 bits per heavy atom. The monoisotopic (exact) mass is 285 g/mol. The van der Waals surface area contributed by atoms with Crippen LogP contribution < -0.4 is 0 Å². The van der Waals surface area contributed by atoms with Crippen LogP contribution in [0.15, 0.2) is 53.1 Å². The molecule has 21 heavy (non-hydrogen) atoms. The van der Waals surface area contributed by atoms with Crippen molar-refractivity contribution >= 4 is 5.97 Å². The smallest absolute Gasteiger partial charge is 0.308 e. The number of nitrogens with zero attached hydrogens (tertiary/aromatic N) is 1. The lowest BCUT2D eigenvalue weighted by molar-refractivity contribution is -0.142. The summed E-state index contributed by atoms with van der Waals surface area (Å²) in [7, 11) is 0. The van der Waals surface area contributed by atoms with Crippen molar-refractivity contribution in [3.63, 3.8) is 0 Å². The van der Waals surface area contributed by atoms with Crippen LogP contribution in [-0.2, 0) is 4.79 Å². The first-order valence-corrected chi connectivity index (χ1v) is 7.22. The van der Waals surface area contributed by atoms with E-state index in [1.807, 2.05) is 37.3 Å². The molecule has 0 saturated carbocycles. The van der Waals surface area contributed by atoms with Crippen molar-refractivity contribution in [3.05, 3.63) is 60.1 Å². The summed E-state index contributed by atoms with van der Waals surface area (Å²) in [6.45, 7) is 3.32. The third-order valence-electron chi connectivity index (χ3n) is 4.25. The summed E-state index contributed by atoms with van der Waals surface area (Å²) in [5.41, 5.74) is 1.13. The number of carbonyl (C=O) groups is 1. The Hall–Kier alpha value is -2.07. The van der Waals surface area contributed by atoms with Crippen LogP contribution in [0.1, 0.15) is 24.3 Å². The standard InChI is InChI=1S/C17H19NO3/c1-12-10-18(11-14(12)17(19)20)16(15-8-5-9-21-15)13-6-3-2-4-7-13/h2-9,12,14,16H,10-11H2,1H3,(H,19,20)/t12-,14-,16?/m1/s1. The maximum absolute atomic E-state index is 11.4. The third-order valence-corrected chi connectivity index (χ3v) is 4.25. The molecule has 0 amide bonds. The second-order valence-electron chi connectivity index (χ2n) is 5.70. The van der Waals surface area contributed by atoms with Gasteiger partial charge in [0, 0.05) is 13.1 Å². The highest BCUT2D eigenvalue weighted by molar-refractivity contribution is 5.71. The van der Waals surface area contributed by atoms with Gasteiger partial charge in [0.1, 0.15) is 5.76 Å². The molecule has 1 aromatic carbocycles. The van der Waals surface area contributed by atoms with E-state index in [9.17, 15) is 9.90 Å². The second-order valence-corrected chi connectivity index (χ2v) is 5.70. The van der Waals surface area contributed by atoms with Gasteiger partial charge in [0.25, 0.3) is 0 Å².